The number of rotatable bonds is 1. The van der Waals surface area contributed by atoms with E-state index in [2.05, 4.69) is 10.3 Å². The summed E-state index contributed by atoms with van der Waals surface area (Å²) in [6, 6.07) is 1.92. The van der Waals surface area contributed by atoms with Crippen molar-refractivity contribution in [3.8, 4) is 0 Å². The van der Waals surface area contributed by atoms with Gasteiger partial charge in [0.05, 0.1) is 17.8 Å². The molecule has 3 nitrogen and oxygen atoms in total. The second-order valence-electron chi connectivity index (χ2n) is 4.79. The van der Waals surface area contributed by atoms with E-state index in [0.29, 0.717) is 6.54 Å². The Labute approximate surface area is 117 Å². The third kappa shape index (κ3) is 3.99. The van der Waals surface area contributed by atoms with E-state index in [4.69, 9.17) is 0 Å². The van der Waals surface area contributed by atoms with Gasteiger partial charge in [0.2, 0.25) is 0 Å². The highest BCUT2D eigenvalue weighted by Crippen LogP contribution is 2.31. The van der Waals surface area contributed by atoms with Crippen molar-refractivity contribution >= 4 is 5.69 Å². The molecule has 1 N–H and O–H groups in total. The summed E-state index contributed by atoms with van der Waals surface area (Å²) in [5, 5.41) is 2.68. The molecule has 1 aliphatic heterocycles. The molecule has 21 heavy (non-hydrogen) atoms. The first-order chi connectivity index (χ1) is 9.68. The Balaban J connectivity index is 2.16. The largest absolute Gasteiger partial charge is 0.433 e. The lowest BCUT2D eigenvalue weighted by Crippen LogP contribution is -2.38. The standard InChI is InChI=1S/C12H13F6N3/c13-11(14,15)8-5-19-3-4-21(7-8)9-1-2-10(20-6-9)12(16,17)18/h1-2,6,8,19H,3-5,7H2. The molecule has 1 aliphatic rings. The minimum absolute atomic E-state index is 0.200. The normalized spacial score (nSPS) is 21.2. The molecule has 0 aliphatic carbocycles. The second kappa shape index (κ2) is 5.70. The van der Waals surface area contributed by atoms with Crippen molar-refractivity contribution in [2.75, 3.05) is 31.1 Å². The molecule has 9 heteroatoms. The molecule has 2 heterocycles. The molecule has 1 saturated heterocycles. The van der Waals surface area contributed by atoms with Gasteiger partial charge >= 0.3 is 12.4 Å². The lowest BCUT2D eigenvalue weighted by Gasteiger charge is -2.27. The predicted molar refractivity (Wildman–Crippen MR) is 63.9 cm³/mol. The number of hydrogen-bond donors (Lipinski definition) is 1. The van der Waals surface area contributed by atoms with E-state index in [9.17, 15) is 26.3 Å². The molecule has 0 saturated carbocycles. The molecule has 1 unspecified atom stereocenters. The van der Waals surface area contributed by atoms with E-state index < -0.39 is 24.0 Å². The van der Waals surface area contributed by atoms with Crippen molar-refractivity contribution in [1.29, 1.82) is 0 Å². The maximum Gasteiger partial charge on any atom is 0.433 e. The maximum absolute atomic E-state index is 12.8. The number of halogens is 6. The zero-order valence-electron chi connectivity index (χ0n) is 10.8. The summed E-state index contributed by atoms with van der Waals surface area (Å²) >= 11 is 0. The van der Waals surface area contributed by atoms with Crippen molar-refractivity contribution in [1.82, 2.24) is 10.3 Å². The highest BCUT2D eigenvalue weighted by molar-refractivity contribution is 5.45. The van der Waals surface area contributed by atoms with Gasteiger partial charge in [0.15, 0.2) is 0 Å². The van der Waals surface area contributed by atoms with Crippen LogP contribution < -0.4 is 10.2 Å². The fourth-order valence-corrected chi connectivity index (χ4v) is 2.11. The number of hydrogen-bond acceptors (Lipinski definition) is 3. The van der Waals surface area contributed by atoms with Crippen LogP contribution in [0.3, 0.4) is 0 Å². The van der Waals surface area contributed by atoms with E-state index in [1.54, 1.807) is 0 Å². The van der Waals surface area contributed by atoms with Crippen LogP contribution in [-0.2, 0) is 6.18 Å². The Morgan fingerprint density at radius 2 is 1.86 bits per heavy atom. The molecule has 0 bridgehead atoms. The third-order valence-electron chi connectivity index (χ3n) is 3.26. The van der Waals surface area contributed by atoms with Crippen LogP contribution in [0.25, 0.3) is 0 Å². The molecule has 1 aromatic heterocycles. The number of anilines is 1. The van der Waals surface area contributed by atoms with Crippen LogP contribution >= 0.6 is 0 Å². The molecule has 0 aromatic carbocycles. The average molecular weight is 313 g/mol. The average Bonchev–Trinajstić information content (AvgIpc) is 2.63. The summed E-state index contributed by atoms with van der Waals surface area (Å²) in [5.41, 5.74) is -0.812. The quantitative estimate of drug-likeness (QED) is 0.808. The van der Waals surface area contributed by atoms with Gasteiger partial charge in [-0.05, 0) is 12.1 Å². The first-order valence-electron chi connectivity index (χ1n) is 6.23. The highest BCUT2D eigenvalue weighted by Gasteiger charge is 2.41. The van der Waals surface area contributed by atoms with Crippen LogP contribution in [0.5, 0.6) is 0 Å². The van der Waals surface area contributed by atoms with Crippen LogP contribution in [0.1, 0.15) is 5.69 Å². The Kier molecular flexibility index (Phi) is 4.31. The third-order valence-corrected chi connectivity index (χ3v) is 3.26. The van der Waals surface area contributed by atoms with Gasteiger partial charge in [0.1, 0.15) is 5.69 Å². The number of pyridine rings is 1. The Morgan fingerprint density at radius 3 is 2.38 bits per heavy atom. The smallest absolute Gasteiger partial charge is 0.368 e. The molecule has 0 amide bonds. The van der Waals surface area contributed by atoms with Crippen LogP contribution in [0.2, 0.25) is 0 Å². The molecule has 1 atom stereocenters. The summed E-state index contributed by atoms with van der Waals surface area (Å²) in [4.78, 5) is 4.67. The van der Waals surface area contributed by atoms with Gasteiger partial charge in [-0.25, -0.2) is 4.98 Å². The summed E-state index contributed by atoms with van der Waals surface area (Å²) in [6.45, 7) is 0.102. The van der Waals surface area contributed by atoms with Crippen molar-refractivity contribution in [2.45, 2.75) is 12.4 Å². The topological polar surface area (TPSA) is 28.2 Å². The molecule has 1 aromatic rings. The van der Waals surface area contributed by atoms with E-state index in [0.717, 1.165) is 18.3 Å². The number of nitrogens with one attached hydrogen (secondary N) is 1. The Hall–Kier alpha value is -1.51. The zero-order chi connectivity index (χ0) is 15.7. The first-order valence-corrected chi connectivity index (χ1v) is 6.23. The van der Waals surface area contributed by atoms with Gasteiger partial charge in [0, 0.05) is 26.2 Å². The summed E-state index contributed by atoms with van der Waals surface area (Å²) in [7, 11) is 0. The highest BCUT2D eigenvalue weighted by atomic mass is 19.4. The molecule has 118 valence electrons. The fraction of sp³-hybridized carbons (Fsp3) is 0.583. The van der Waals surface area contributed by atoms with Gasteiger partial charge in [-0.3, -0.25) is 0 Å². The van der Waals surface area contributed by atoms with Crippen molar-refractivity contribution in [3.63, 3.8) is 0 Å². The molecule has 0 spiro atoms. The molecular weight excluding hydrogens is 300 g/mol. The maximum atomic E-state index is 12.8. The number of aromatic nitrogens is 1. The molecular formula is C12H13F6N3. The monoisotopic (exact) mass is 313 g/mol. The predicted octanol–water partition coefficient (Wildman–Crippen LogP) is 2.69. The van der Waals surface area contributed by atoms with Crippen LogP contribution in [0.15, 0.2) is 18.3 Å². The van der Waals surface area contributed by atoms with Gasteiger partial charge in [0.25, 0.3) is 0 Å². The van der Waals surface area contributed by atoms with Gasteiger partial charge in [-0.2, -0.15) is 26.3 Å². The van der Waals surface area contributed by atoms with Crippen LogP contribution in [-0.4, -0.2) is 37.3 Å². The zero-order valence-corrected chi connectivity index (χ0v) is 10.8. The van der Waals surface area contributed by atoms with E-state index in [1.165, 1.54) is 4.90 Å². The summed E-state index contributed by atoms with van der Waals surface area (Å²) in [6.07, 6.45) is -7.95. The first kappa shape index (κ1) is 15.9. The molecule has 2 rings (SSSR count). The second-order valence-corrected chi connectivity index (χ2v) is 4.79. The van der Waals surface area contributed by atoms with Gasteiger partial charge < -0.3 is 10.2 Å². The van der Waals surface area contributed by atoms with Gasteiger partial charge in [-0.15, -0.1) is 0 Å². The SMILES string of the molecule is FC(F)(F)c1ccc(N2CCNCC(C(F)(F)F)C2)cn1. The number of alkyl halides is 6. The van der Waals surface area contributed by atoms with Crippen molar-refractivity contribution < 1.29 is 26.3 Å². The van der Waals surface area contributed by atoms with Crippen LogP contribution in [0.4, 0.5) is 32.0 Å². The van der Waals surface area contributed by atoms with Crippen molar-refractivity contribution in [2.24, 2.45) is 5.92 Å². The summed E-state index contributed by atoms with van der Waals surface area (Å²) in [5.74, 6) is -1.57. The van der Waals surface area contributed by atoms with E-state index in [-0.39, 0.29) is 25.3 Å². The minimum atomic E-state index is -4.56. The molecule has 1 fully saturated rings. The Morgan fingerprint density at radius 1 is 1.14 bits per heavy atom. The van der Waals surface area contributed by atoms with E-state index in [1.807, 2.05) is 0 Å². The lowest BCUT2D eigenvalue weighted by molar-refractivity contribution is -0.169. The number of nitrogens with zero attached hydrogens (tertiary/aromatic N) is 2. The summed E-state index contributed by atoms with van der Waals surface area (Å²) < 4.78 is 75.6. The van der Waals surface area contributed by atoms with Crippen molar-refractivity contribution in [3.05, 3.63) is 24.0 Å². The van der Waals surface area contributed by atoms with E-state index >= 15 is 0 Å². The minimum Gasteiger partial charge on any atom is -0.368 e. The molecule has 0 radical (unpaired) electrons. The van der Waals surface area contributed by atoms with Crippen LogP contribution in [0, 0.1) is 5.92 Å². The lowest BCUT2D eigenvalue weighted by atomic mass is 10.1. The fourth-order valence-electron chi connectivity index (χ4n) is 2.11. The Bertz CT molecular complexity index is 467. The van der Waals surface area contributed by atoms with Gasteiger partial charge in [-0.1, -0.05) is 0 Å².